The SMILES string of the molecule is COc1ccc(NC(=O)c2ccc(CN3C(=O)c4[nH]ncc4NC(=O)C3Cc3ccccn3)cc2Cl)nc1. The molecule has 1 unspecified atom stereocenters. The van der Waals surface area contributed by atoms with Gasteiger partial charge in [-0.2, -0.15) is 5.10 Å². The summed E-state index contributed by atoms with van der Waals surface area (Å²) in [4.78, 5) is 49.3. The molecule has 1 aromatic carbocycles. The van der Waals surface area contributed by atoms with Gasteiger partial charge in [-0.3, -0.25) is 24.5 Å². The number of nitrogens with one attached hydrogen (secondary N) is 3. The third-order valence-electron chi connectivity index (χ3n) is 6.02. The summed E-state index contributed by atoms with van der Waals surface area (Å²) in [6, 6.07) is 12.7. The minimum Gasteiger partial charge on any atom is -0.495 e. The Kier molecular flexibility index (Phi) is 7.00. The Morgan fingerprint density at radius 2 is 2.00 bits per heavy atom. The number of carbonyl (C=O) groups excluding carboxylic acids is 3. The fourth-order valence-corrected chi connectivity index (χ4v) is 4.37. The van der Waals surface area contributed by atoms with Gasteiger partial charge in [-0.25, -0.2) is 4.98 Å². The molecular formula is C26H22ClN7O4. The number of carbonyl (C=O) groups is 3. The number of anilines is 2. The summed E-state index contributed by atoms with van der Waals surface area (Å²) in [5, 5.41) is 12.2. The minimum atomic E-state index is -0.846. The summed E-state index contributed by atoms with van der Waals surface area (Å²) in [6.07, 6.45) is 4.72. The Balaban J connectivity index is 1.39. The molecule has 3 amide bonds. The number of halogens is 1. The standard InChI is InChI=1S/C26H22ClN7O4/c1-38-17-6-8-22(29-12-17)32-24(35)18-7-5-15(10-19(18)27)14-34-21(11-16-4-2-3-9-28-16)25(36)31-20-13-30-33-23(20)26(34)37/h2-10,12-13,21H,11,14H2,1H3,(H,30,33)(H,31,36)(H,29,32,35). The molecule has 1 atom stereocenters. The predicted octanol–water partition coefficient (Wildman–Crippen LogP) is 3.32. The first-order valence-corrected chi connectivity index (χ1v) is 12.0. The van der Waals surface area contributed by atoms with Crippen molar-refractivity contribution < 1.29 is 19.1 Å². The van der Waals surface area contributed by atoms with E-state index >= 15 is 0 Å². The van der Waals surface area contributed by atoms with E-state index < -0.39 is 17.9 Å². The van der Waals surface area contributed by atoms with Crippen LogP contribution >= 0.6 is 11.6 Å². The first-order chi connectivity index (χ1) is 18.4. The van der Waals surface area contributed by atoms with E-state index in [4.69, 9.17) is 16.3 Å². The summed E-state index contributed by atoms with van der Waals surface area (Å²) in [7, 11) is 1.52. The molecule has 3 aromatic heterocycles. The number of nitrogens with zero attached hydrogens (tertiary/aromatic N) is 4. The van der Waals surface area contributed by atoms with Gasteiger partial charge in [0, 0.05) is 24.9 Å². The zero-order chi connectivity index (χ0) is 26.6. The second kappa shape index (κ2) is 10.7. The van der Waals surface area contributed by atoms with E-state index in [2.05, 4.69) is 30.8 Å². The average Bonchev–Trinajstić information content (AvgIpc) is 3.36. The molecule has 4 heterocycles. The van der Waals surface area contributed by atoms with Crippen LogP contribution in [0.5, 0.6) is 5.75 Å². The molecule has 0 bridgehead atoms. The topological polar surface area (TPSA) is 142 Å². The largest absolute Gasteiger partial charge is 0.495 e. The number of hydrogen-bond donors (Lipinski definition) is 3. The highest BCUT2D eigenvalue weighted by Gasteiger charge is 2.37. The number of rotatable bonds is 7. The van der Waals surface area contributed by atoms with Crippen LogP contribution in [0.4, 0.5) is 11.5 Å². The quantitative estimate of drug-likeness (QED) is 0.332. The number of benzene rings is 1. The van der Waals surface area contributed by atoms with Crippen LogP contribution in [0, 0.1) is 0 Å². The predicted molar refractivity (Wildman–Crippen MR) is 139 cm³/mol. The monoisotopic (exact) mass is 531 g/mol. The van der Waals surface area contributed by atoms with Gasteiger partial charge in [-0.15, -0.1) is 0 Å². The van der Waals surface area contributed by atoms with Gasteiger partial charge >= 0.3 is 0 Å². The van der Waals surface area contributed by atoms with Crippen LogP contribution in [0.2, 0.25) is 5.02 Å². The van der Waals surface area contributed by atoms with Gasteiger partial charge in [0.05, 0.1) is 35.8 Å². The molecule has 11 nitrogen and oxygen atoms in total. The lowest BCUT2D eigenvalue weighted by Crippen LogP contribution is -2.46. The molecule has 0 aliphatic carbocycles. The number of pyridine rings is 2. The first-order valence-electron chi connectivity index (χ1n) is 11.6. The zero-order valence-corrected chi connectivity index (χ0v) is 20.9. The van der Waals surface area contributed by atoms with Crippen molar-refractivity contribution in [3.8, 4) is 5.75 Å². The Morgan fingerprint density at radius 3 is 2.71 bits per heavy atom. The van der Waals surface area contributed by atoms with Gasteiger partial charge < -0.3 is 20.3 Å². The van der Waals surface area contributed by atoms with Gasteiger partial charge in [0.2, 0.25) is 5.91 Å². The highest BCUT2D eigenvalue weighted by molar-refractivity contribution is 6.34. The van der Waals surface area contributed by atoms with Crippen LogP contribution in [0.1, 0.15) is 32.1 Å². The van der Waals surface area contributed by atoms with E-state index in [1.54, 1.807) is 48.7 Å². The molecule has 3 N–H and O–H groups in total. The maximum atomic E-state index is 13.5. The lowest BCUT2D eigenvalue weighted by atomic mass is 10.1. The Morgan fingerprint density at radius 1 is 1.13 bits per heavy atom. The summed E-state index contributed by atoms with van der Waals surface area (Å²) < 4.78 is 5.07. The summed E-state index contributed by atoms with van der Waals surface area (Å²) >= 11 is 6.47. The van der Waals surface area contributed by atoms with Crippen molar-refractivity contribution in [2.75, 3.05) is 17.7 Å². The first kappa shape index (κ1) is 24.9. The summed E-state index contributed by atoms with van der Waals surface area (Å²) in [5.74, 6) is -0.311. The molecule has 38 heavy (non-hydrogen) atoms. The van der Waals surface area contributed by atoms with Gasteiger partial charge in [0.15, 0.2) is 0 Å². The number of aromatic amines is 1. The number of aromatic nitrogens is 4. The van der Waals surface area contributed by atoms with E-state index in [0.29, 0.717) is 28.5 Å². The molecule has 0 saturated heterocycles. The van der Waals surface area contributed by atoms with Crippen molar-refractivity contribution in [2.24, 2.45) is 0 Å². The molecule has 0 radical (unpaired) electrons. The fourth-order valence-electron chi connectivity index (χ4n) is 4.08. The van der Waals surface area contributed by atoms with Crippen molar-refractivity contribution >= 4 is 40.8 Å². The van der Waals surface area contributed by atoms with Crippen LogP contribution < -0.4 is 15.4 Å². The number of fused-ring (bicyclic) bond motifs is 1. The van der Waals surface area contributed by atoms with Crippen LogP contribution in [0.25, 0.3) is 0 Å². The van der Waals surface area contributed by atoms with Crippen LogP contribution in [-0.4, -0.2) is 55.9 Å². The van der Waals surface area contributed by atoms with Crippen LogP contribution in [-0.2, 0) is 17.8 Å². The van der Waals surface area contributed by atoms with Crippen molar-refractivity contribution in [2.45, 2.75) is 19.0 Å². The number of H-pyrrole nitrogens is 1. The normalized spacial score (nSPS) is 14.9. The third-order valence-corrected chi connectivity index (χ3v) is 6.34. The maximum Gasteiger partial charge on any atom is 0.275 e. The molecule has 12 heteroatoms. The molecule has 0 saturated carbocycles. The van der Waals surface area contributed by atoms with Gasteiger partial charge in [0.1, 0.15) is 23.3 Å². The zero-order valence-electron chi connectivity index (χ0n) is 20.1. The second-order valence-corrected chi connectivity index (χ2v) is 8.88. The van der Waals surface area contributed by atoms with E-state index in [-0.39, 0.29) is 35.2 Å². The number of amides is 3. The minimum absolute atomic E-state index is 0.0594. The molecule has 1 aliphatic rings. The Bertz CT molecular complexity index is 1490. The molecule has 0 spiro atoms. The Hall–Kier alpha value is -4.77. The van der Waals surface area contributed by atoms with Crippen molar-refractivity contribution in [3.05, 3.63) is 94.7 Å². The smallest absolute Gasteiger partial charge is 0.275 e. The van der Waals surface area contributed by atoms with Crippen molar-refractivity contribution in [1.82, 2.24) is 25.1 Å². The molecule has 192 valence electrons. The molecular weight excluding hydrogens is 510 g/mol. The van der Waals surface area contributed by atoms with Gasteiger partial charge in [-0.1, -0.05) is 23.7 Å². The van der Waals surface area contributed by atoms with E-state index in [1.807, 2.05) is 6.07 Å². The highest BCUT2D eigenvalue weighted by Crippen LogP contribution is 2.26. The van der Waals surface area contributed by atoms with Crippen molar-refractivity contribution in [1.29, 1.82) is 0 Å². The number of ether oxygens (including phenoxy) is 1. The molecule has 0 fully saturated rings. The molecule has 4 aromatic rings. The van der Waals surface area contributed by atoms with E-state index in [1.165, 1.54) is 24.4 Å². The lowest BCUT2D eigenvalue weighted by Gasteiger charge is -2.28. The number of methoxy groups -OCH3 is 1. The summed E-state index contributed by atoms with van der Waals surface area (Å²) in [6.45, 7) is 0.0594. The lowest BCUT2D eigenvalue weighted by molar-refractivity contribution is -0.120. The average molecular weight is 532 g/mol. The van der Waals surface area contributed by atoms with Crippen LogP contribution in [0.15, 0.2) is 67.1 Å². The fraction of sp³-hybridized carbons (Fsp3) is 0.154. The second-order valence-electron chi connectivity index (χ2n) is 8.47. The van der Waals surface area contributed by atoms with Gasteiger partial charge in [0.25, 0.3) is 11.8 Å². The summed E-state index contributed by atoms with van der Waals surface area (Å²) in [5.41, 5.74) is 2.01. The molecule has 1 aliphatic heterocycles. The maximum absolute atomic E-state index is 13.5. The third kappa shape index (κ3) is 5.18. The van der Waals surface area contributed by atoms with Gasteiger partial charge in [-0.05, 0) is 42.0 Å². The van der Waals surface area contributed by atoms with Crippen LogP contribution in [0.3, 0.4) is 0 Å². The Labute approximate surface area is 222 Å². The van der Waals surface area contributed by atoms with Crippen molar-refractivity contribution in [3.63, 3.8) is 0 Å². The van der Waals surface area contributed by atoms with E-state index in [9.17, 15) is 14.4 Å². The molecule has 5 rings (SSSR count). The highest BCUT2D eigenvalue weighted by atomic mass is 35.5. The van der Waals surface area contributed by atoms with E-state index in [0.717, 1.165) is 0 Å². The number of hydrogen-bond acceptors (Lipinski definition) is 7.